The number of benzene rings is 2. The Kier molecular flexibility index (Phi) is 5.91. The van der Waals surface area contributed by atoms with Crippen LogP contribution < -0.4 is 10.1 Å². The number of phenols is 1. The van der Waals surface area contributed by atoms with Gasteiger partial charge in [-0.1, -0.05) is 39.0 Å². The van der Waals surface area contributed by atoms with Crippen LogP contribution in [0.1, 0.15) is 31.9 Å². The number of anilines is 1. The minimum atomic E-state index is -0.593. The zero-order chi connectivity index (χ0) is 18.4. The van der Waals surface area contributed by atoms with Crippen molar-refractivity contribution in [1.82, 2.24) is 0 Å². The third kappa shape index (κ3) is 5.41. The van der Waals surface area contributed by atoms with Gasteiger partial charge in [0.25, 0.3) is 0 Å². The summed E-state index contributed by atoms with van der Waals surface area (Å²) in [5.41, 5.74) is 2.29. The second-order valence-corrected chi connectivity index (χ2v) is 6.84. The van der Waals surface area contributed by atoms with Gasteiger partial charge in [-0.15, -0.1) is 0 Å². The summed E-state index contributed by atoms with van der Waals surface area (Å²) in [4.78, 5) is 12.0. The van der Waals surface area contributed by atoms with E-state index in [-0.39, 0.29) is 17.8 Å². The zero-order valence-electron chi connectivity index (χ0n) is 15.1. The number of phenolic OH excluding ortho intramolecular Hbond substituents is 1. The van der Waals surface area contributed by atoms with Crippen LogP contribution in [0.5, 0.6) is 11.5 Å². The van der Waals surface area contributed by atoms with Crippen LogP contribution in [0.25, 0.3) is 0 Å². The van der Waals surface area contributed by atoms with Crippen LogP contribution in [0.4, 0.5) is 10.5 Å². The monoisotopic (exact) mass is 343 g/mol. The molecule has 0 aliphatic carbocycles. The van der Waals surface area contributed by atoms with Gasteiger partial charge < -0.3 is 14.6 Å². The molecule has 1 amide bonds. The van der Waals surface area contributed by atoms with Crippen LogP contribution in [-0.2, 0) is 16.6 Å². The summed E-state index contributed by atoms with van der Waals surface area (Å²) in [5.74, 6) is 0.781. The molecule has 0 saturated carbocycles. The standard InChI is InChI=1S/C20H25NO4/c1-20(2,3)15-8-9-18(22)17(13-15)21-19(23)25-11-10-14-6-5-7-16(12-14)24-4/h5-9,12-13,22H,10-11H2,1-4H3,(H,21,23). The Balaban J connectivity index is 1.92. The van der Waals surface area contributed by atoms with Crippen LogP contribution >= 0.6 is 0 Å². The van der Waals surface area contributed by atoms with Crippen LogP contribution in [-0.4, -0.2) is 24.9 Å². The van der Waals surface area contributed by atoms with E-state index >= 15 is 0 Å². The van der Waals surface area contributed by atoms with Gasteiger partial charge in [-0.2, -0.15) is 0 Å². The number of rotatable bonds is 5. The Hall–Kier alpha value is -2.69. The smallest absolute Gasteiger partial charge is 0.411 e. The van der Waals surface area contributed by atoms with E-state index in [2.05, 4.69) is 26.1 Å². The molecule has 2 rings (SSSR count). The van der Waals surface area contributed by atoms with Crippen molar-refractivity contribution in [1.29, 1.82) is 0 Å². The highest BCUT2D eigenvalue weighted by Gasteiger charge is 2.16. The number of carbonyl (C=O) groups excluding carboxylic acids is 1. The maximum Gasteiger partial charge on any atom is 0.411 e. The summed E-state index contributed by atoms with van der Waals surface area (Å²) >= 11 is 0. The molecule has 0 aliphatic heterocycles. The topological polar surface area (TPSA) is 67.8 Å². The van der Waals surface area contributed by atoms with Crippen molar-refractivity contribution in [3.63, 3.8) is 0 Å². The molecule has 25 heavy (non-hydrogen) atoms. The van der Waals surface area contributed by atoms with E-state index in [1.54, 1.807) is 19.2 Å². The second-order valence-electron chi connectivity index (χ2n) is 6.84. The molecule has 0 bridgehead atoms. The van der Waals surface area contributed by atoms with Gasteiger partial charge >= 0.3 is 6.09 Å². The Morgan fingerprint density at radius 1 is 1.16 bits per heavy atom. The van der Waals surface area contributed by atoms with Gasteiger partial charge in [0.2, 0.25) is 0 Å². The molecule has 2 N–H and O–H groups in total. The normalized spacial score (nSPS) is 11.0. The average molecular weight is 343 g/mol. The van der Waals surface area contributed by atoms with E-state index < -0.39 is 6.09 Å². The Morgan fingerprint density at radius 2 is 1.92 bits per heavy atom. The molecule has 2 aromatic rings. The van der Waals surface area contributed by atoms with E-state index in [1.165, 1.54) is 0 Å². The first kappa shape index (κ1) is 18.6. The summed E-state index contributed by atoms with van der Waals surface area (Å²) < 4.78 is 10.4. The molecule has 0 aliphatic rings. The van der Waals surface area contributed by atoms with Crippen LogP contribution in [0.3, 0.4) is 0 Å². The molecule has 0 aromatic heterocycles. The van der Waals surface area contributed by atoms with Crippen molar-refractivity contribution < 1.29 is 19.4 Å². The largest absolute Gasteiger partial charge is 0.506 e. The van der Waals surface area contributed by atoms with Gasteiger partial charge in [-0.05, 0) is 40.8 Å². The lowest BCUT2D eigenvalue weighted by atomic mass is 9.87. The van der Waals surface area contributed by atoms with E-state index in [4.69, 9.17) is 9.47 Å². The second kappa shape index (κ2) is 7.92. The fourth-order valence-corrected chi connectivity index (χ4v) is 2.34. The fourth-order valence-electron chi connectivity index (χ4n) is 2.34. The quantitative estimate of drug-likeness (QED) is 0.785. The molecule has 5 heteroatoms. The lowest BCUT2D eigenvalue weighted by molar-refractivity contribution is 0.163. The number of carbonyl (C=O) groups is 1. The maximum atomic E-state index is 12.0. The summed E-state index contributed by atoms with van der Waals surface area (Å²) in [6.45, 7) is 6.43. The third-order valence-corrected chi connectivity index (χ3v) is 3.86. The maximum absolute atomic E-state index is 12.0. The van der Waals surface area contributed by atoms with Gasteiger partial charge in [0, 0.05) is 6.42 Å². The molecule has 5 nitrogen and oxygen atoms in total. The Labute approximate surface area is 148 Å². The molecule has 0 radical (unpaired) electrons. The highest BCUT2D eigenvalue weighted by molar-refractivity contribution is 5.86. The number of ether oxygens (including phenoxy) is 2. The first-order valence-electron chi connectivity index (χ1n) is 8.20. The summed E-state index contributed by atoms with van der Waals surface area (Å²) in [5, 5.41) is 12.5. The molecule has 0 spiro atoms. The van der Waals surface area contributed by atoms with Crippen molar-refractivity contribution in [2.24, 2.45) is 0 Å². The van der Waals surface area contributed by atoms with Crippen LogP contribution in [0.15, 0.2) is 42.5 Å². The van der Waals surface area contributed by atoms with Crippen molar-refractivity contribution in [2.45, 2.75) is 32.6 Å². The minimum absolute atomic E-state index is 0.0118. The van der Waals surface area contributed by atoms with E-state index in [0.29, 0.717) is 12.1 Å². The van der Waals surface area contributed by atoms with E-state index in [9.17, 15) is 9.90 Å². The number of hydrogen-bond acceptors (Lipinski definition) is 4. The Morgan fingerprint density at radius 3 is 2.60 bits per heavy atom. The van der Waals surface area contributed by atoms with Crippen LogP contribution in [0.2, 0.25) is 0 Å². The first-order valence-corrected chi connectivity index (χ1v) is 8.20. The fraction of sp³-hybridized carbons (Fsp3) is 0.350. The van der Waals surface area contributed by atoms with Gasteiger partial charge in [0.15, 0.2) is 0 Å². The van der Waals surface area contributed by atoms with Gasteiger partial charge in [0.1, 0.15) is 11.5 Å². The van der Waals surface area contributed by atoms with Crippen molar-refractivity contribution in [3.05, 3.63) is 53.6 Å². The van der Waals surface area contributed by atoms with Crippen LogP contribution in [0, 0.1) is 0 Å². The third-order valence-electron chi connectivity index (χ3n) is 3.86. The predicted molar refractivity (Wildman–Crippen MR) is 98.5 cm³/mol. The molecule has 0 heterocycles. The SMILES string of the molecule is COc1cccc(CCOC(=O)Nc2cc(C(C)(C)C)ccc2O)c1. The summed E-state index contributed by atoms with van der Waals surface area (Å²) in [7, 11) is 1.61. The molecule has 2 aromatic carbocycles. The van der Waals surface area contributed by atoms with Gasteiger partial charge in [-0.3, -0.25) is 5.32 Å². The molecule has 0 fully saturated rings. The molecule has 0 unspecified atom stereocenters. The van der Waals surface area contributed by atoms with Gasteiger partial charge in [-0.25, -0.2) is 4.79 Å². The number of methoxy groups -OCH3 is 1. The number of aromatic hydroxyl groups is 1. The first-order chi connectivity index (χ1) is 11.8. The average Bonchev–Trinajstić information content (AvgIpc) is 2.56. The molecular weight excluding hydrogens is 318 g/mol. The minimum Gasteiger partial charge on any atom is -0.506 e. The molecular formula is C20H25NO4. The van der Waals surface area contributed by atoms with Crippen molar-refractivity contribution >= 4 is 11.8 Å². The van der Waals surface area contributed by atoms with E-state index in [1.807, 2.05) is 30.3 Å². The zero-order valence-corrected chi connectivity index (χ0v) is 15.1. The lowest BCUT2D eigenvalue weighted by Crippen LogP contribution is -2.17. The lowest BCUT2D eigenvalue weighted by Gasteiger charge is -2.20. The summed E-state index contributed by atoms with van der Waals surface area (Å²) in [6, 6.07) is 12.8. The molecule has 0 atom stereocenters. The number of hydrogen-bond donors (Lipinski definition) is 2. The number of amides is 1. The van der Waals surface area contributed by atoms with Crippen molar-refractivity contribution in [3.8, 4) is 11.5 Å². The molecule has 0 saturated heterocycles. The summed E-state index contributed by atoms with van der Waals surface area (Å²) in [6.07, 6.45) is -0.0113. The number of nitrogens with one attached hydrogen (secondary N) is 1. The van der Waals surface area contributed by atoms with E-state index in [0.717, 1.165) is 16.9 Å². The highest BCUT2D eigenvalue weighted by Crippen LogP contribution is 2.30. The Bertz CT molecular complexity index is 735. The predicted octanol–water partition coefficient (Wildman–Crippen LogP) is 4.49. The van der Waals surface area contributed by atoms with Crippen molar-refractivity contribution in [2.75, 3.05) is 19.0 Å². The highest BCUT2D eigenvalue weighted by atomic mass is 16.5. The van der Waals surface area contributed by atoms with Gasteiger partial charge in [0.05, 0.1) is 19.4 Å². The molecule has 134 valence electrons.